The van der Waals surface area contributed by atoms with E-state index in [1.165, 1.54) is 0 Å². The number of nitrogens with one attached hydrogen (secondary N) is 1. The number of hydrogen-bond acceptors (Lipinski definition) is 5. The first kappa shape index (κ1) is 18.8. The molecule has 0 aliphatic heterocycles. The third-order valence-corrected chi connectivity index (χ3v) is 7.52. The zero-order chi connectivity index (χ0) is 18.0. The molecular weight excluding hydrogens is 364 g/mol. The second-order valence-corrected chi connectivity index (χ2v) is 9.68. The Labute approximate surface area is 139 Å². The number of carbonyl (C=O) groups is 1. The Morgan fingerprint density at radius 1 is 1.12 bits per heavy atom. The first-order valence-corrected chi connectivity index (χ1v) is 10.5. The Morgan fingerprint density at radius 2 is 1.75 bits per heavy atom. The van der Waals surface area contributed by atoms with Gasteiger partial charge >= 0.3 is 0 Å². The average molecular weight is 381 g/mol. The van der Waals surface area contributed by atoms with Crippen LogP contribution in [0.5, 0.6) is 0 Å². The zero-order valence-electron chi connectivity index (χ0n) is 12.7. The van der Waals surface area contributed by atoms with Gasteiger partial charge in [0.15, 0.2) is 9.84 Å². The van der Waals surface area contributed by atoms with Crippen LogP contribution >= 0.6 is 0 Å². The van der Waals surface area contributed by atoms with Crippen molar-refractivity contribution in [3.05, 3.63) is 29.8 Å². The third kappa shape index (κ3) is 4.50. The van der Waals surface area contributed by atoms with Crippen molar-refractivity contribution in [2.45, 2.75) is 42.2 Å². The smallest absolute Gasteiger partial charge is 0.266 e. The van der Waals surface area contributed by atoms with Crippen molar-refractivity contribution in [2.24, 2.45) is 0 Å². The number of carbonyl (C=O) groups excluding carboxylic acids is 1. The van der Waals surface area contributed by atoms with Gasteiger partial charge in [-0.1, -0.05) is 12.8 Å². The Hall–Kier alpha value is -1.55. The summed E-state index contributed by atoms with van der Waals surface area (Å²) in [5, 5.41) is -0.489. The summed E-state index contributed by atoms with van der Waals surface area (Å²) in [5.41, 5.74) is 0. The summed E-state index contributed by atoms with van der Waals surface area (Å²) < 4.78 is 75.8. The van der Waals surface area contributed by atoms with Crippen molar-refractivity contribution in [1.29, 1.82) is 0 Å². The molecule has 0 aromatic heterocycles. The lowest BCUT2D eigenvalue weighted by atomic mass is 10.3. The molecule has 0 radical (unpaired) electrons. The SMILES string of the molecule is O=C(CCS(=O)(=O)C1CCCC1)NS(=O)(=O)c1ccc(F)cc1F. The van der Waals surface area contributed by atoms with Crippen molar-refractivity contribution in [3.8, 4) is 0 Å². The standard InChI is InChI=1S/C14H17F2NO5S2/c15-10-5-6-13(12(16)9-10)24(21,22)17-14(18)7-8-23(19,20)11-3-1-2-4-11/h5-6,9,11H,1-4,7-8H2,(H,17,18). The average Bonchev–Trinajstić information content (AvgIpc) is 2.99. The molecular formula is C14H17F2NO5S2. The van der Waals surface area contributed by atoms with Gasteiger partial charge in [0.05, 0.1) is 11.0 Å². The number of sulfonamides is 1. The van der Waals surface area contributed by atoms with E-state index in [-0.39, 0.29) is 0 Å². The molecule has 1 fully saturated rings. The fourth-order valence-corrected chi connectivity index (χ4v) is 5.53. The third-order valence-electron chi connectivity index (χ3n) is 3.86. The fraction of sp³-hybridized carbons (Fsp3) is 0.500. The van der Waals surface area contributed by atoms with Gasteiger partial charge < -0.3 is 0 Å². The van der Waals surface area contributed by atoms with E-state index in [9.17, 15) is 30.4 Å². The van der Waals surface area contributed by atoms with Crippen LogP contribution in [0.4, 0.5) is 8.78 Å². The number of benzene rings is 1. The highest BCUT2D eigenvalue weighted by molar-refractivity contribution is 7.92. The Bertz CT molecular complexity index is 831. The maximum Gasteiger partial charge on any atom is 0.266 e. The number of amides is 1. The first-order valence-electron chi connectivity index (χ1n) is 7.34. The van der Waals surface area contributed by atoms with Crippen LogP contribution < -0.4 is 4.72 Å². The van der Waals surface area contributed by atoms with Crippen molar-refractivity contribution < 1.29 is 30.4 Å². The highest BCUT2D eigenvalue weighted by atomic mass is 32.2. The van der Waals surface area contributed by atoms with Gasteiger partial charge in [0, 0.05) is 12.5 Å². The van der Waals surface area contributed by atoms with E-state index in [1.807, 2.05) is 0 Å². The predicted molar refractivity (Wildman–Crippen MR) is 82.3 cm³/mol. The van der Waals surface area contributed by atoms with Gasteiger partial charge in [-0.05, 0) is 25.0 Å². The van der Waals surface area contributed by atoms with E-state index in [1.54, 1.807) is 4.72 Å². The van der Waals surface area contributed by atoms with E-state index < -0.39 is 59.7 Å². The topological polar surface area (TPSA) is 97.4 Å². The molecule has 1 amide bonds. The molecule has 0 heterocycles. The lowest BCUT2D eigenvalue weighted by Crippen LogP contribution is -2.33. The lowest BCUT2D eigenvalue weighted by Gasteiger charge is -2.11. The summed E-state index contributed by atoms with van der Waals surface area (Å²) >= 11 is 0. The second-order valence-electron chi connectivity index (χ2n) is 5.63. The molecule has 0 atom stereocenters. The maximum atomic E-state index is 13.5. The quantitative estimate of drug-likeness (QED) is 0.806. The summed E-state index contributed by atoms with van der Waals surface area (Å²) in [6.07, 6.45) is 2.18. The van der Waals surface area contributed by atoms with Crippen LogP contribution in [0.25, 0.3) is 0 Å². The Morgan fingerprint density at radius 3 is 2.33 bits per heavy atom. The number of hydrogen-bond donors (Lipinski definition) is 1. The monoisotopic (exact) mass is 381 g/mol. The van der Waals surface area contributed by atoms with Crippen molar-refractivity contribution in [1.82, 2.24) is 4.72 Å². The van der Waals surface area contributed by atoms with E-state index in [0.29, 0.717) is 25.0 Å². The summed E-state index contributed by atoms with van der Waals surface area (Å²) in [5.74, 6) is -3.82. The molecule has 134 valence electrons. The number of sulfone groups is 1. The van der Waals surface area contributed by atoms with Crippen molar-refractivity contribution >= 4 is 25.8 Å². The van der Waals surface area contributed by atoms with Gasteiger partial charge in [-0.3, -0.25) is 4.79 Å². The van der Waals surface area contributed by atoms with Crippen molar-refractivity contribution in [2.75, 3.05) is 5.75 Å². The molecule has 1 aliphatic rings. The minimum atomic E-state index is -4.53. The second kappa shape index (κ2) is 7.14. The molecule has 0 spiro atoms. The van der Waals surface area contributed by atoms with Gasteiger partial charge in [0.2, 0.25) is 5.91 Å². The summed E-state index contributed by atoms with van der Waals surface area (Å²) in [6, 6.07) is 1.81. The van der Waals surface area contributed by atoms with Crippen LogP contribution in [-0.2, 0) is 24.7 Å². The summed E-state index contributed by atoms with van der Waals surface area (Å²) in [4.78, 5) is 10.8. The van der Waals surface area contributed by atoms with Crippen LogP contribution in [0.1, 0.15) is 32.1 Å². The minimum Gasteiger partial charge on any atom is -0.274 e. The van der Waals surface area contributed by atoms with E-state index in [4.69, 9.17) is 0 Å². The minimum absolute atomic E-state index is 0.379. The number of halogens is 2. The maximum absolute atomic E-state index is 13.5. The predicted octanol–water partition coefficient (Wildman–Crippen LogP) is 1.52. The van der Waals surface area contributed by atoms with Crippen molar-refractivity contribution in [3.63, 3.8) is 0 Å². The largest absolute Gasteiger partial charge is 0.274 e. The molecule has 1 N–H and O–H groups in total. The summed E-state index contributed by atoms with van der Waals surface area (Å²) in [6.45, 7) is 0. The van der Waals surface area contributed by atoms with Gasteiger partial charge in [-0.2, -0.15) is 0 Å². The molecule has 1 aliphatic carbocycles. The zero-order valence-corrected chi connectivity index (χ0v) is 14.3. The van der Waals surface area contributed by atoms with Crippen LogP contribution in [0.2, 0.25) is 0 Å². The molecule has 0 bridgehead atoms. The van der Waals surface area contributed by atoms with Crippen LogP contribution in [0.15, 0.2) is 23.1 Å². The molecule has 1 aromatic rings. The van der Waals surface area contributed by atoms with E-state index >= 15 is 0 Å². The normalized spacial score (nSPS) is 16.2. The Kier molecular flexibility index (Phi) is 5.59. The molecule has 10 heteroatoms. The summed E-state index contributed by atoms with van der Waals surface area (Å²) in [7, 11) is -8.00. The van der Waals surface area contributed by atoms with Crippen LogP contribution in [0.3, 0.4) is 0 Å². The fourth-order valence-electron chi connectivity index (χ4n) is 2.60. The Balaban J connectivity index is 2.01. The van der Waals surface area contributed by atoms with Crippen LogP contribution in [0, 0.1) is 11.6 Å². The molecule has 1 aromatic carbocycles. The molecule has 6 nitrogen and oxygen atoms in total. The van der Waals surface area contributed by atoms with Gasteiger partial charge in [-0.15, -0.1) is 0 Å². The van der Waals surface area contributed by atoms with Gasteiger partial charge in [0.1, 0.15) is 16.5 Å². The molecule has 24 heavy (non-hydrogen) atoms. The first-order chi connectivity index (χ1) is 11.1. The van der Waals surface area contributed by atoms with Gasteiger partial charge in [0.25, 0.3) is 10.0 Å². The van der Waals surface area contributed by atoms with Crippen LogP contribution in [-0.4, -0.2) is 33.7 Å². The van der Waals surface area contributed by atoms with E-state index in [0.717, 1.165) is 18.9 Å². The molecule has 1 saturated carbocycles. The highest BCUT2D eigenvalue weighted by Gasteiger charge is 2.30. The molecule has 0 unspecified atom stereocenters. The molecule has 2 rings (SSSR count). The van der Waals surface area contributed by atoms with E-state index in [2.05, 4.69) is 0 Å². The number of rotatable bonds is 6. The lowest BCUT2D eigenvalue weighted by molar-refractivity contribution is -0.118. The molecule has 0 saturated heterocycles. The highest BCUT2D eigenvalue weighted by Crippen LogP contribution is 2.25. The van der Waals surface area contributed by atoms with Gasteiger partial charge in [-0.25, -0.2) is 30.3 Å².